The maximum absolute atomic E-state index is 12.9. The van der Waals surface area contributed by atoms with Gasteiger partial charge < -0.3 is 19.7 Å². The summed E-state index contributed by atoms with van der Waals surface area (Å²) in [6.45, 7) is 3.79. The molecular weight excluding hydrogens is 380 g/mol. The van der Waals surface area contributed by atoms with Crippen molar-refractivity contribution in [3.8, 4) is 11.5 Å². The minimum absolute atomic E-state index is 0.231. The first-order valence-electron chi connectivity index (χ1n) is 10.4. The van der Waals surface area contributed by atoms with Gasteiger partial charge in [-0.05, 0) is 43.9 Å². The van der Waals surface area contributed by atoms with Crippen molar-refractivity contribution in [2.24, 2.45) is 0 Å². The lowest BCUT2D eigenvalue weighted by molar-refractivity contribution is 0.0946. The molecule has 0 aliphatic carbocycles. The quantitative estimate of drug-likeness (QED) is 0.715. The predicted molar refractivity (Wildman–Crippen MR) is 114 cm³/mol. The normalized spacial score (nSPS) is 17.9. The highest BCUT2D eigenvalue weighted by molar-refractivity contribution is 6.07. The van der Waals surface area contributed by atoms with Crippen LogP contribution >= 0.6 is 0 Å². The van der Waals surface area contributed by atoms with E-state index in [0.717, 1.165) is 47.3 Å². The Morgan fingerprint density at radius 1 is 1.10 bits per heavy atom. The topological polar surface area (TPSA) is 76.6 Å². The molecule has 1 saturated heterocycles. The number of nitrogens with zero attached hydrogens (tertiary/aromatic N) is 3. The van der Waals surface area contributed by atoms with E-state index in [1.54, 1.807) is 0 Å². The number of nitrogens with one attached hydrogen (secondary N) is 1. The third kappa shape index (κ3) is 3.40. The molecule has 1 amide bonds. The summed E-state index contributed by atoms with van der Waals surface area (Å²) in [5.74, 6) is 2.05. The van der Waals surface area contributed by atoms with Crippen LogP contribution in [0.3, 0.4) is 0 Å². The molecule has 7 heteroatoms. The molecule has 1 aromatic heterocycles. The predicted octanol–water partition coefficient (Wildman–Crippen LogP) is 3.67. The monoisotopic (exact) mass is 404 g/mol. The molecule has 3 heterocycles. The van der Waals surface area contributed by atoms with Crippen LogP contribution in [0.4, 0.5) is 5.82 Å². The van der Waals surface area contributed by atoms with E-state index in [-0.39, 0.29) is 12.7 Å². The molecule has 0 saturated carbocycles. The molecule has 3 aromatic rings. The average molecular weight is 404 g/mol. The number of carbonyl (C=O) groups is 1. The zero-order chi connectivity index (χ0) is 20.5. The van der Waals surface area contributed by atoms with E-state index < -0.39 is 0 Å². The molecule has 0 spiro atoms. The van der Waals surface area contributed by atoms with Crippen LogP contribution in [0.25, 0.3) is 10.8 Å². The van der Waals surface area contributed by atoms with Crippen LogP contribution in [0, 0.1) is 0 Å². The van der Waals surface area contributed by atoms with Crippen LogP contribution in [0.5, 0.6) is 11.5 Å². The lowest BCUT2D eigenvalue weighted by Crippen LogP contribution is -2.38. The molecule has 1 N–H and O–H groups in total. The lowest BCUT2D eigenvalue weighted by Gasteiger charge is -2.34. The second-order valence-electron chi connectivity index (χ2n) is 7.83. The van der Waals surface area contributed by atoms with E-state index in [1.165, 1.54) is 6.42 Å². The van der Waals surface area contributed by atoms with Crippen LogP contribution in [0.1, 0.15) is 42.2 Å². The second-order valence-corrected chi connectivity index (χ2v) is 7.83. The zero-order valence-electron chi connectivity index (χ0n) is 16.9. The van der Waals surface area contributed by atoms with Crippen LogP contribution in [0.15, 0.2) is 42.5 Å². The summed E-state index contributed by atoms with van der Waals surface area (Å²) in [4.78, 5) is 15.2. The van der Waals surface area contributed by atoms with Gasteiger partial charge in [-0.25, -0.2) is 0 Å². The smallest absolute Gasteiger partial charge is 0.272 e. The molecule has 2 aliphatic rings. The van der Waals surface area contributed by atoms with Crippen molar-refractivity contribution < 1.29 is 14.3 Å². The molecule has 1 unspecified atom stereocenters. The molecule has 5 rings (SSSR count). The zero-order valence-corrected chi connectivity index (χ0v) is 16.9. The first-order valence-corrected chi connectivity index (χ1v) is 10.4. The number of hydrogen-bond donors (Lipinski definition) is 1. The molecule has 7 nitrogen and oxygen atoms in total. The standard InChI is InChI=1S/C23H24N4O3/c1-15-6-4-5-11-27(15)22-18-8-3-2-7-17(18)21(25-26-22)23(28)24-13-16-9-10-19-20(12-16)30-14-29-19/h2-3,7-10,12,15H,4-6,11,13-14H2,1H3,(H,24,28). The van der Waals surface area contributed by atoms with Gasteiger partial charge in [0.25, 0.3) is 5.91 Å². The Balaban J connectivity index is 1.40. The van der Waals surface area contributed by atoms with Crippen molar-refractivity contribution in [1.82, 2.24) is 15.5 Å². The Morgan fingerprint density at radius 3 is 2.80 bits per heavy atom. The SMILES string of the molecule is CC1CCCCN1c1nnc(C(=O)NCc2ccc3c(c2)OCO3)c2ccccc12. The highest BCUT2D eigenvalue weighted by Gasteiger charge is 2.24. The second kappa shape index (κ2) is 7.82. The number of carbonyl (C=O) groups excluding carboxylic acids is 1. The summed E-state index contributed by atoms with van der Waals surface area (Å²) in [6.07, 6.45) is 3.54. The van der Waals surface area contributed by atoms with Crippen LogP contribution < -0.4 is 19.7 Å². The van der Waals surface area contributed by atoms with Crippen molar-refractivity contribution in [1.29, 1.82) is 0 Å². The van der Waals surface area contributed by atoms with Crippen molar-refractivity contribution >= 4 is 22.5 Å². The third-order valence-electron chi connectivity index (χ3n) is 5.85. The third-order valence-corrected chi connectivity index (χ3v) is 5.85. The largest absolute Gasteiger partial charge is 0.454 e. The average Bonchev–Trinajstić information content (AvgIpc) is 3.25. The Bertz CT molecular complexity index is 1100. The number of aromatic nitrogens is 2. The summed E-state index contributed by atoms with van der Waals surface area (Å²) in [5, 5.41) is 13.6. The first kappa shape index (κ1) is 18.7. The maximum atomic E-state index is 12.9. The van der Waals surface area contributed by atoms with E-state index in [1.807, 2.05) is 42.5 Å². The summed E-state index contributed by atoms with van der Waals surface area (Å²) in [6, 6.07) is 14.0. The van der Waals surface area contributed by atoms with E-state index >= 15 is 0 Å². The number of amides is 1. The number of benzene rings is 2. The Labute approximate surface area is 175 Å². The summed E-state index contributed by atoms with van der Waals surface area (Å²) >= 11 is 0. The molecule has 154 valence electrons. The molecule has 2 aromatic carbocycles. The summed E-state index contributed by atoms with van der Waals surface area (Å²) in [5.41, 5.74) is 1.28. The molecule has 1 atom stereocenters. The van der Waals surface area contributed by atoms with E-state index in [4.69, 9.17) is 9.47 Å². The van der Waals surface area contributed by atoms with Gasteiger partial charge in [0.05, 0.1) is 0 Å². The first-order chi connectivity index (χ1) is 14.7. The highest BCUT2D eigenvalue weighted by Crippen LogP contribution is 2.33. The molecule has 30 heavy (non-hydrogen) atoms. The Morgan fingerprint density at radius 2 is 1.93 bits per heavy atom. The molecule has 1 fully saturated rings. The molecule has 0 radical (unpaired) electrons. The van der Waals surface area contributed by atoms with E-state index in [0.29, 0.717) is 24.0 Å². The molecule has 0 bridgehead atoms. The number of fused-ring (bicyclic) bond motifs is 2. The van der Waals surface area contributed by atoms with Crippen molar-refractivity contribution in [2.75, 3.05) is 18.2 Å². The minimum Gasteiger partial charge on any atom is -0.454 e. The van der Waals surface area contributed by atoms with Gasteiger partial charge in [0.2, 0.25) is 6.79 Å². The lowest BCUT2D eigenvalue weighted by atomic mass is 10.0. The van der Waals surface area contributed by atoms with Gasteiger partial charge in [-0.2, -0.15) is 0 Å². The van der Waals surface area contributed by atoms with Gasteiger partial charge in [-0.3, -0.25) is 4.79 Å². The summed E-state index contributed by atoms with van der Waals surface area (Å²) in [7, 11) is 0. The van der Waals surface area contributed by atoms with Gasteiger partial charge >= 0.3 is 0 Å². The molecular formula is C23H24N4O3. The minimum atomic E-state index is -0.241. The van der Waals surface area contributed by atoms with Crippen molar-refractivity contribution in [2.45, 2.75) is 38.8 Å². The molecule has 2 aliphatic heterocycles. The number of ether oxygens (including phenoxy) is 2. The fraction of sp³-hybridized carbons (Fsp3) is 0.348. The highest BCUT2D eigenvalue weighted by atomic mass is 16.7. The van der Waals surface area contributed by atoms with Crippen LogP contribution in [-0.4, -0.2) is 35.5 Å². The van der Waals surface area contributed by atoms with Crippen LogP contribution in [0.2, 0.25) is 0 Å². The number of hydrogen-bond acceptors (Lipinski definition) is 6. The van der Waals surface area contributed by atoms with Gasteiger partial charge in [0.15, 0.2) is 23.0 Å². The van der Waals surface area contributed by atoms with E-state index in [9.17, 15) is 4.79 Å². The fourth-order valence-electron chi connectivity index (χ4n) is 4.20. The number of piperidine rings is 1. The maximum Gasteiger partial charge on any atom is 0.272 e. The Hall–Kier alpha value is -3.35. The van der Waals surface area contributed by atoms with Gasteiger partial charge in [0.1, 0.15) is 0 Å². The Kier molecular flexibility index (Phi) is 4.86. The van der Waals surface area contributed by atoms with Crippen molar-refractivity contribution in [3.05, 3.63) is 53.7 Å². The number of rotatable bonds is 4. The van der Waals surface area contributed by atoms with Gasteiger partial charge in [-0.1, -0.05) is 30.3 Å². The number of anilines is 1. The van der Waals surface area contributed by atoms with Gasteiger partial charge in [-0.15, -0.1) is 10.2 Å². The van der Waals surface area contributed by atoms with Crippen LogP contribution in [-0.2, 0) is 6.54 Å². The van der Waals surface area contributed by atoms with Crippen molar-refractivity contribution in [3.63, 3.8) is 0 Å². The summed E-state index contributed by atoms with van der Waals surface area (Å²) < 4.78 is 10.7. The van der Waals surface area contributed by atoms with E-state index in [2.05, 4.69) is 27.3 Å². The van der Waals surface area contributed by atoms with Gasteiger partial charge in [0, 0.05) is 29.9 Å². The fourth-order valence-corrected chi connectivity index (χ4v) is 4.20.